The van der Waals surface area contributed by atoms with E-state index in [1.54, 1.807) is 0 Å². The van der Waals surface area contributed by atoms with Crippen LogP contribution in [0.5, 0.6) is 5.75 Å². The van der Waals surface area contributed by atoms with E-state index in [0.29, 0.717) is 18.6 Å². The second-order valence-corrected chi connectivity index (χ2v) is 8.64. The van der Waals surface area contributed by atoms with Gasteiger partial charge in [-0.25, -0.2) is 4.79 Å². The number of ether oxygens (including phenoxy) is 2. The van der Waals surface area contributed by atoms with E-state index in [4.69, 9.17) is 9.47 Å². The number of piperazine rings is 1. The molecule has 2 atom stereocenters. The molecule has 2 fully saturated rings. The summed E-state index contributed by atoms with van der Waals surface area (Å²) in [6, 6.07) is 8.05. The van der Waals surface area contributed by atoms with Crippen molar-refractivity contribution >= 4 is 6.09 Å². The maximum atomic E-state index is 12.3. The summed E-state index contributed by atoms with van der Waals surface area (Å²) in [5.74, 6) is 1.31. The molecule has 1 amide bonds. The molecule has 2 aliphatic rings. The summed E-state index contributed by atoms with van der Waals surface area (Å²) >= 11 is 0. The number of aliphatic hydroxyl groups excluding tert-OH is 1. The molecule has 0 aliphatic carbocycles. The number of fused-ring (bicyclic) bond motifs is 1. The first-order valence-electron chi connectivity index (χ1n) is 9.88. The van der Waals surface area contributed by atoms with Gasteiger partial charge in [0.15, 0.2) is 0 Å². The number of carbonyl (C=O) groups excluding carboxylic acids is 1. The largest absolute Gasteiger partial charge is 0.493 e. The fourth-order valence-electron chi connectivity index (χ4n) is 3.83. The minimum absolute atomic E-state index is 0.0320. The van der Waals surface area contributed by atoms with E-state index in [2.05, 4.69) is 4.90 Å². The summed E-state index contributed by atoms with van der Waals surface area (Å²) in [5.41, 5.74) is 0.422. The summed E-state index contributed by atoms with van der Waals surface area (Å²) in [6.45, 7) is 9.80. The van der Waals surface area contributed by atoms with Gasteiger partial charge in [0.05, 0.1) is 13.2 Å². The molecule has 2 aliphatic heterocycles. The van der Waals surface area contributed by atoms with E-state index in [0.717, 1.165) is 50.3 Å². The van der Waals surface area contributed by atoms with E-state index in [1.165, 1.54) is 0 Å². The number of hydrogen-bond donors (Lipinski definition) is 1. The van der Waals surface area contributed by atoms with Gasteiger partial charge < -0.3 is 19.5 Å². The predicted molar refractivity (Wildman–Crippen MR) is 104 cm³/mol. The van der Waals surface area contributed by atoms with Gasteiger partial charge in [0.25, 0.3) is 0 Å². The van der Waals surface area contributed by atoms with Gasteiger partial charge >= 0.3 is 6.09 Å². The van der Waals surface area contributed by atoms with Crippen LogP contribution in [0.1, 0.15) is 39.2 Å². The van der Waals surface area contributed by atoms with Gasteiger partial charge in [-0.2, -0.15) is 0 Å². The third-order valence-corrected chi connectivity index (χ3v) is 5.22. The maximum Gasteiger partial charge on any atom is 0.410 e. The van der Waals surface area contributed by atoms with Crippen molar-refractivity contribution in [3.05, 3.63) is 29.8 Å². The molecule has 2 heterocycles. The lowest BCUT2D eigenvalue weighted by atomic mass is 9.91. The highest BCUT2D eigenvalue weighted by Gasteiger charge is 2.35. The van der Waals surface area contributed by atoms with Crippen LogP contribution in [0.4, 0.5) is 4.79 Å². The van der Waals surface area contributed by atoms with E-state index >= 15 is 0 Å². The van der Waals surface area contributed by atoms with Crippen LogP contribution in [0, 0.1) is 5.92 Å². The average Bonchev–Trinajstić information content (AvgIpc) is 2.64. The molecule has 1 unspecified atom stereocenters. The number of piperidine rings is 1. The minimum atomic E-state index is -0.448. The second-order valence-electron chi connectivity index (χ2n) is 8.64. The maximum absolute atomic E-state index is 12.3. The van der Waals surface area contributed by atoms with E-state index in [9.17, 15) is 9.90 Å². The number of rotatable bonds is 4. The van der Waals surface area contributed by atoms with Gasteiger partial charge in [-0.05, 0) is 51.3 Å². The molecular weight excluding hydrogens is 344 g/mol. The van der Waals surface area contributed by atoms with Gasteiger partial charge in [0.1, 0.15) is 11.4 Å². The Balaban J connectivity index is 1.47. The molecule has 0 bridgehead atoms. The van der Waals surface area contributed by atoms with Gasteiger partial charge in [0.2, 0.25) is 0 Å². The topological polar surface area (TPSA) is 62.2 Å². The Labute approximate surface area is 162 Å². The summed E-state index contributed by atoms with van der Waals surface area (Å²) in [6.07, 6.45) is 1.98. The summed E-state index contributed by atoms with van der Waals surface area (Å²) in [4.78, 5) is 16.7. The Bertz CT molecular complexity index is 643. The van der Waals surface area contributed by atoms with Crippen LogP contribution in [0.25, 0.3) is 0 Å². The molecule has 0 aromatic heterocycles. The quantitative estimate of drug-likeness (QED) is 0.875. The van der Waals surface area contributed by atoms with Crippen LogP contribution in [-0.4, -0.2) is 65.4 Å². The summed E-state index contributed by atoms with van der Waals surface area (Å²) in [5, 5.41) is 9.23. The molecule has 1 aromatic rings. The lowest BCUT2D eigenvalue weighted by Crippen LogP contribution is -2.58. The van der Waals surface area contributed by atoms with Crippen molar-refractivity contribution in [1.29, 1.82) is 0 Å². The third kappa shape index (κ3) is 5.59. The molecule has 0 saturated carbocycles. The van der Waals surface area contributed by atoms with E-state index in [1.807, 2.05) is 49.9 Å². The number of hydrogen-bond acceptors (Lipinski definition) is 5. The normalized spacial score (nSPS) is 23.6. The first-order chi connectivity index (χ1) is 12.8. The van der Waals surface area contributed by atoms with Crippen LogP contribution in [0.3, 0.4) is 0 Å². The molecular formula is C21H32N2O4. The standard InChI is InChI=1S/C21H32N2O4/c1-21(2,3)27-20(25)23-10-9-22-12-17(7-8-18(22)13-23)15-26-19-6-4-5-16(11-19)14-24/h4-6,11,17-18,24H,7-10,12-15H2,1-3H3/t17?,18-/m0/s1. The van der Waals surface area contributed by atoms with E-state index in [-0.39, 0.29) is 12.7 Å². The number of carbonyl (C=O) groups is 1. The van der Waals surface area contributed by atoms with Crippen molar-refractivity contribution in [2.45, 2.75) is 51.9 Å². The first kappa shape index (κ1) is 20.0. The number of benzene rings is 1. The molecule has 1 aromatic carbocycles. The SMILES string of the molecule is CC(C)(C)OC(=O)N1CCN2CC(COc3cccc(CO)c3)CC[C@H]2C1. The van der Waals surface area contributed by atoms with Gasteiger partial charge in [0, 0.05) is 38.1 Å². The monoisotopic (exact) mass is 376 g/mol. The molecule has 3 rings (SSSR count). The molecule has 1 N–H and O–H groups in total. The van der Waals surface area contributed by atoms with Crippen molar-refractivity contribution < 1.29 is 19.4 Å². The van der Waals surface area contributed by atoms with Crippen molar-refractivity contribution in [1.82, 2.24) is 9.80 Å². The van der Waals surface area contributed by atoms with Crippen LogP contribution < -0.4 is 4.74 Å². The number of amides is 1. The smallest absolute Gasteiger partial charge is 0.410 e. The molecule has 2 saturated heterocycles. The third-order valence-electron chi connectivity index (χ3n) is 5.22. The van der Waals surface area contributed by atoms with Crippen LogP contribution in [0.2, 0.25) is 0 Å². The highest BCUT2D eigenvalue weighted by atomic mass is 16.6. The Kier molecular flexibility index (Phi) is 6.27. The fourth-order valence-corrected chi connectivity index (χ4v) is 3.83. The number of aliphatic hydroxyl groups is 1. The predicted octanol–water partition coefficient (Wildman–Crippen LogP) is 2.89. The zero-order chi connectivity index (χ0) is 19.4. The Morgan fingerprint density at radius 3 is 2.78 bits per heavy atom. The van der Waals surface area contributed by atoms with E-state index < -0.39 is 5.60 Å². The first-order valence-corrected chi connectivity index (χ1v) is 9.88. The lowest BCUT2D eigenvalue weighted by Gasteiger charge is -2.46. The highest BCUT2D eigenvalue weighted by molar-refractivity contribution is 5.68. The molecule has 0 spiro atoms. The molecule has 27 heavy (non-hydrogen) atoms. The van der Waals surface area contributed by atoms with Crippen LogP contribution >= 0.6 is 0 Å². The van der Waals surface area contributed by atoms with Gasteiger partial charge in [-0.1, -0.05) is 12.1 Å². The van der Waals surface area contributed by atoms with Crippen LogP contribution in [0.15, 0.2) is 24.3 Å². The Morgan fingerprint density at radius 1 is 1.22 bits per heavy atom. The zero-order valence-corrected chi connectivity index (χ0v) is 16.7. The van der Waals surface area contributed by atoms with Crippen molar-refractivity contribution in [3.63, 3.8) is 0 Å². The highest BCUT2D eigenvalue weighted by Crippen LogP contribution is 2.27. The van der Waals surface area contributed by atoms with Gasteiger partial charge in [-0.15, -0.1) is 0 Å². The minimum Gasteiger partial charge on any atom is -0.493 e. The van der Waals surface area contributed by atoms with Crippen molar-refractivity contribution in [2.75, 3.05) is 32.8 Å². The fraction of sp³-hybridized carbons (Fsp3) is 0.667. The molecule has 6 heteroatoms. The summed E-state index contributed by atoms with van der Waals surface area (Å²) in [7, 11) is 0. The number of nitrogens with zero attached hydrogens (tertiary/aromatic N) is 2. The molecule has 6 nitrogen and oxygen atoms in total. The van der Waals surface area contributed by atoms with Crippen molar-refractivity contribution in [2.24, 2.45) is 5.92 Å². The Morgan fingerprint density at radius 2 is 2.04 bits per heavy atom. The van der Waals surface area contributed by atoms with Crippen molar-refractivity contribution in [3.8, 4) is 5.75 Å². The lowest BCUT2D eigenvalue weighted by molar-refractivity contribution is -0.0122. The molecule has 150 valence electrons. The Hall–Kier alpha value is -1.79. The van der Waals surface area contributed by atoms with Crippen LogP contribution in [-0.2, 0) is 11.3 Å². The summed E-state index contributed by atoms with van der Waals surface area (Å²) < 4.78 is 11.5. The molecule has 0 radical (unpaired) electrons. The second kappa shape index (κ2) is 8.48. The zero-order valence-electron chi connectivity index (χ0n) is 16.7. The average molecular weight is 376 g/mol. The van der Waals surface area contributed by atoms with Gasteiger partial charge in [-0.3, -0.25) is 4.90 Å².